The van der Waals surface area contributed by atoms with Crippen molar-refractivity contribution >= 4 is 28.6 Å². The lowest BCUT2D eigenvalue weighted by molar-refractivity contribution is -0.145. The number of alkyl carbamates (subject to hydrolysis) is 1. The maximum Gasteiger partial charge on any atom is 0.408 e. The van der Waals surface area contributed by atoms with Crippen molar-refractivity contribution in [3.8, 4) is 0 Å². The van der Waals surface area contributed by atoms with Crippen LogP contribution in [0.3, 0.4) is 0 Å². The van der Waals surface area contributed by atoms with Gasteiger partial charge in [0.05, 0.1) is 23.2 Å². The lowest BCUT2D eigenvalue weighted by atomic mass is 10.1. The van der Waals surface area contributed by atoms with E-state index in [1.807, 2.05) is 19.1 Å². The third kappa shape index (κ3) is 9.12. The SMILES string of the molecule is CCOC(=O)[C@H](CCC(=O)C[S@@](=O)c1ccc(C)cc1)NC(=O)OC(C)(C)C. The van der Waals surface area contributed by atoms with E-state index in [9.17, 15) is 18.6 Å². The molecule has 1 N–H and O–H groups in total. The molecule has 0 aromatic heterocycles. The van der Waals surface area contributed by atoms with E-state index in [1.54, 1.807) is 39.8 Å². The zero-order valence-corrected chi connectivity index (χ0v) is 17.9. The van der Waals surface area contributed by atoms with Crippen LogP contribution in [0.15, 0.2) is 29.2 Å². The molecular weight excluding hydrogens is 382 g/mol. The van der Waals surface area contributed by atoms with Gasteiger partial charge < -0.3 is 14.8 Å². The van der Waals surface area contributed by atoms with Gasteiger partial charge in [-0.3, -0.25) is 9.00 Å². The Bertz CT molecular complexity index is 708. The highest BCUT2D eigenvalue weighted by Gasteiger charge is 2.26. The number of carbonyl (C=O) groups excluding carboxylic acids is 3. The number of nitrogens with one attached hydrogen (secondary N) is 1. The van der Waals surface area contributed by atoms with Crippen molar-refractivity contribution in [1.82, 2.24) is 5.32 Å². The predicted molar refractivity (Wildman–Crippen MR) is 106 cm³/mol. The molecule has 0 unspecified atom stereocenters. The summed E-state index contributed by atoms with van der Waals surface area (Å²) in [5.41, 5.74) is 0.321. The molecule has 0 aliphatic rings. The van der Waals surface area contributed by atoms with E-state index < -0.39 is 34.5 Å². The zero-order valence-electron chi connectivity index (χ0n) is 17.1. The average molecular weight is 412 g/mol. The minimum atomic E-state index is -1.45. The first-order valence-electron chi connectivity index (χ1n) is 9.14. The molecule has 1 aromatic carbocycles. The number of aryl methyl sites for hydroxylation is 1. The first kappa shape index (κ1) is 23.8. The van der Waals surface area contributed by atoms with Gasteiger partial charge >= 0.3 is 12.1 Å². The molecule has 0 saturated heterocycles. The fourth-order valence-electron chi connectivity index (χ4n) is 2.24. The van der Waals surface area contributed by atoms with Crippen LogP contribution in [0.25, 0.3) is 0 Å². The van der Waals surface area contributed by atoms with Gasteiger partial charge in [0.15, 0.2) is 0 Å². The molecule has 1 amide bonds. The predicted octanol–water partition coefficient (Wildman–Crippen LogP) is 2.91. The quantitative estimate of drug-likeness (QED) is 0.627. The normalized spacial score (nSPS) is 13.3. The van der Waals surface area contributed by atoms with Crippen molar-refractivity contribution in [3.63, 3.8) is 0 Å². The van der Waals surface area contributed by atoms with Gasteiger partial charge in [-0.2, -0.15) is 0 Å². The van der Waals surface area contributed by atoms with Crippen molar-refractivity contribution < 1.29 is 28.1 Å². The topological polar surface area (TPSA) is 98.8 Å². The van der Waals surface area contributed by atoms with Crippen LogP contribution in [0.2, 0.25) is 0 Å². The lowest BCUT2D eigenvalue weighted by Gasteiger charge is -2.22. The number of rotatable bonds is 9. The molecule has 8 heteroatoms. The standard InChI is InChI=1S/C20H29NO6S/c1-6-26-18(23)17(21-19(24)27-20(3,4)5)12-9-15(22)13-28(25)16-10-7-14(2)8-11-16/h7-8,10-11,17H,6,9,12-13H2,1-5H3,(H,21,24)/t17-,28+/m0/s1. The molecule has 7 nitrogen and oxygen atoms in total. The molecule has 1 aromatic rings. The highest BCUT2D eigenvalue weighted by molar-refractivity contribution is 7.85. The van der Waals surface area contributed by atoms with Crippen LogP contribution < -0.4 is 5.32 Å². The maximum atomic E-state index is 12.3. The highest BCUT2D eigenvalue weighted by Crippen LogP contribution is 2.11. The van der Waals surface area contributed by atoms with Crippen LogP contribution in [0.4, 0.5) is 4.79 Å². The summed E-state index contributed by atoms with van der Waals surface area (Å²) in [5.74, 6) is -1.05. The summed E-state index contributed by atoms with van der Waals surface area (Å²) in [4.78, 5) is 36.8. The fourth-order valence-corrected chi connectivity index (χ4v) is 3.28. The summed E-state index contributed by atoms with van der Waals surface area (Å²) in [6, 6.07) is 6.11. The highest BCUT2D eigenvalue weighted by atomic mass is 32.2. The molecule has 0 bridgehead atoms. The van der Waals surface area contributed by atoms with E-state index in [-0.39, 0.29) is 31.0 Å². The number of hydrogen-bond acceptors (Lipinski definition) is 6. The Labute approximate surface area is 168 Å². The van der Waals surface area contributed by atoms with Crippen molar-refractivity contribution in [3.05, 3.63) is 29.8 Å². The van der Waals surface area contributed by atoms with Crippen LogP contribution in [-0.4, -0.2) is 46.1 Å². The first-order chi connectivity index (χ1) is 13.0. The summed E-state index contributed by atoms with van der Waals surface area (Å²) >= 11 is 0. The number of ketones is 1. The minimum absolute atomic E-state index is 0.0170. The van der Waals surface area contributed by atoms with Gasteiger partial charge in [0.1, 0.15) is 17.4 Å². The number of Topliss-reactive ketones (excluding diaryl/α,β-unsaturated/α-hetero) is 1. The summed E-state index contributed by atoms with van der Waals surface area (Å²) in [7, 11) is -1.45. The van der Waals surface area contributed by atoms with E-state index in [2.05, 4.69) is 5.32 Å². The second-order valence-corrected chi connectivity index (χ2v) is 8.78. The van der Waals surface area contributed by atoms with E-state index in [1.165, 1.54) is 0 Å². The van der Waals surface area contributed by atoms with Gasteiger partial charge in [-0.05, 0) is 53.2 Å². The van der Waals surface area contributed by atoms with Crippen LogP contribution >= 0.6 is 0 Å². The molecule has 156 valence electrons. The molecule has 0 aliphatic carbocycles. The molecule has 28 heavy (non-hydrogen) atoms. The van der Waals surface area contributed by atoms with Gasteiger partial charge in [0.2, 0.25) is 0 Å². The third-order valence-electron chi connectivity index (χ3n) is 3.55. The molecule has 0 radical (unpaired) electrons. The van der Waals surface area contributed by atoms with E-state index in [4.69, 9.17) is 9.47 Å². The summed E-state index contributed by atoms with van der Waals surface area (Å²) < 4.78 is 22.4. The summed E-state index contributed by atoms with van der Waals surface area (Å²) in [6.07, 6.45) is -0.736. The number of esters is 1. The Hall–Kier alpha value is -2.22. The Balaban J connectivity index is 2.63. The van der Waals surface area contributed by atoms with Gasteiger partial charge in [-0.15, -0.1) is 0 Å². The number of benzene rings is 1. The smallest absolute Gasteiger partial charge is 0.408 e. The van der Waals surface area contributed by atoms with Crippen LogP contribution in [0.5, 0.6) is 0 Å². The molecule has 0 saturated carbocycles. The van der Waals surface area contributed by atoms with Crippen molar-refractivity contribution in [2.45, 2.75) is 64.0 Å². The van der Waals surface area contributed by atoms with Gasteiger partial charge in [0.25, 0.3) is 0 Å². The molecule has 0 aliphatic heterocycles. The first-order valence-corrected chi connectivity index (χ1v) is 10.5. The second-order valence-electron chi connectivity index (χ2n) is 7.33. The summed E-state index contributed by atoms with van der Waals surface area (Å²) in [5, 5.41) is 2.44. The summed E-state index contributed by atoms with van der Waals surface area (Å²) in [6.45, 7) is 8.83. The van der Waals surface area contributed by atoms with Crippen LogP contribution in [-0.2, 0) is 29.9 Å². The third-order valence-corrected chi connectivity index (χ3v) is 4.93. The molecule has 0 fully saturated rings. The van der Waals surface area contributed by atoms with Crippen molar-refractivity contribution in [2.24, 2.45) is 0 Å². The second kappa shape index (κ2) is 10.9. The largest absolute Gasteiger partial charge is 0.464 e. The average Bonchev–Trinajstić information content (AvgIpc) is 2.57. The van der Waals surface area contributed by atoms with E-state index in [0.717, 1.165) is 5.56 Å². The van der Waals surface area contributed by atoms with Gasteiger partial charge in [0, 0.05) is 11.3 Å². The monoisotopic (exact) mass is 411 g/mol. The molecule has 0 heterocycles. The van der Waals surface area contributed by atoms with Crippen LogP contribution in [0, 0.1) is 6.92 Å². The fraction of sp³-hybridized carbons (Fsp3) is 0.550. The Morgan fingerprint density at radius 1 is 1.14 bits per heavy atom. The molecular formula is C20H29NO6S. The lowest BCUT2D eigenvalue weighted by Crippen LogP contribution is -2.44. The Morgan fingerprint density at radius 3 is 2.29 bits per heavy atom. The van der Waals surface area contributed by atoms with Gasteiger partial charge in [-0.1, -0.05) is 17.7 Å². The number of hydrogen-bond donors (Lipinski definition) is 1. The van der Waals surface area contributed by atoms with Crippen molar-refractivity contribution in [1.29, 1.82) is 0 Å². The number of amides is 1. The van der Waals surface area contributed by atoms with Crippen molar-refractivity contribution in [2.75, 3.05) is 12.4 Å². The van der Waals surface area contributed by atoms with Gasteiger partial charge in [-0.25, -0.2) is 9.59 Å². The van der Waals surface area contributed by atoms with E-state index in [0.29, 0.717) is 4.90 Å². The zero-order chi connectivity index (χ0) is 21.3. The Morgan fingerprint density at radius 2 is 1.75 bits per heavy atom. The molecule has 1 rings (SSSR count). The molecule has 2 atom stereocenters. The minimum Gasteiger partial charge on any atom is -0.464 e. The van der Waals surface area contributed by atoms with Crippen LogP contribution in [0.1, 0.15) is 46.1 Å². The number of ether oxygens (including phenoxy) is 2. The number of carbonyl (C=O) groups is 3. The maximum absolute atomic E-state index is 12.3. The van der Waals surface area contributed by atoms with E-state index >= 15 is 0 Å². The molecule has 0 spiro atoms. The Kier molecular flexibility index (Phi) is 9.31.